The summed E-state index contributed by atoms with van der Waals surface area (Å²) in [5.74, 6) is 0.144. The maximum Gasteiger partial charge on any atom is 0.267 e. The molecule has 0 fully saturated rings. The van der Waals surface area contributed by atoms with Gasteiger partial charge < -0.3 is 9.73 Å². The van der Waals surface area contributed by atoms with Crippen LogP contribution < -0.4 is 16.4 Å². The Morgan fingerprint density at radius 1 is 0.800 bits per heavy atom. The molecule has 0 aliphatic rings. The topological polar surface area (TPSA) is 112 Å². The first kappa shape index (κ1) is 22.0. The Kier molecular flexibility index (Phi) is 6.04. The minimum Gasteiger partial charge on any atom is -0.463 e. The van der Waals surface area contributed by atoms with Crippen LogP contribution in [0.25, 0.3) is 33.5 Å². The number of benzene rings is 2. The number of amides is 1. The first-order chi connectivity index (χ1) is 17.1. The molecule has 2 aromatic carbocycles. The lowest BCUT2D eigenvalue weighted by molar-refractivity contribution is -0.121. The second-order valence-corrected chi connectivity index (χ2v) is 7.88. The Bertz CT molecular complexity index is 1620. The van der Waals surface area contributed by atoms with Crippen molar-refractivity contribution < 1.29 is 9.21 Å². The van der Waals surface area contributed by atoms with Crippen LogP contribution in [0.15, 0.2) is 99.1 Å². The Morgan fingerprint density at radius 3 is 2.34 bits per heavy atom. The molecule has 35 heavy (non-hydrogen) atoms. The highest BCUT2D eigenvalue weighted by Gasteiger charge is 2.10. The normalized spacial score (nSPS) is 11.0. The summed E-state index contributed by atoms with van der Waals surface area (Å²) in [4.78, 5) is 36.9. The monoisotopic (exact) mass is 467 g/mol. The summed E-state index contributed by atoms with van der Waals surface area (Å²) in [6.07, 6.45) is 1.53. The third kappa shape index (κ3) is 4.93. The van der Waals surface area contributed by atoms with Gasteiger partial charge in [0, 0.05) is 24.2 Å². The van der Waals surface area contributed by atoms with E-state index in [1.807, 2.05) is 42.5 Å². The fourth-order valence-electron chi connectivity index (χ4n) is 3.72. The number of carbonyl (C=O) groups is 1. The molecule has 9 heteroatoms. The molecule has 0 bridgehead atoms. The molecule has 174 valence electrons. The highest BCUT2D eigenvalue weighted by atomic mass is 16.3. The van der Waals surface area contributed by atoms with Crippen molar-refractivity contribution in [3.8, 4) is 22.7 Å². The number of nitrogens with one attached hydrogen (secondary N) is 1. The molecule has 0 spiro atoms. The fourth-order valence-corrected chi connectivity index (χ4v) is 3.72. The molecule has 0 radical (unpaired) electrons. The van der Waals surface area contributed by atoms with Gasteiger partial charge in [-0.05, 0) is 41.1 Å². The molecule has 0 saturated carbocycles. The third-order valence-electron chi connectivity index (χ3n) is 5.49. The maximum atomic E-state index is 12.5. The molecule has 0 atom stereocenters. The first-order valence-electron chi connectivity index (χ1n) is 11.0. The molecule has 3 aromatic heterocycles. The zero-order valence-electron chi connectivity index (χ0n) is 18.6. The van der Waals surface area contributed by atoms with Crippen LogP contribution >= 0.6 is 0 Å². The van der Waals surface area contributed by atoms with E-state index in [0.717, 1.165) is 21.0 Å². The minimum absolute atomic E-state index is 0.159. The van der Waals surface area contributed by atoms with Crippen molar-refractivity contribution >= 4 is 16.7 Å². The fraction of sp³-hybridized carbons (Fsp3) is 0.115. The van der Waals surface area contributed by atoms with Crippen LogP contribution in [0, 0.1) is 0 Å². The highest BCUT2D eigenvalue weighted by molar-refractivity contribution is 5.86. The van der Waals surface area contributed by atoms with E-state index in [0.29, 0.717) is 17.1 Å². The molecule has 0 aliphatic carbocycles. The molecule has 0 aliphatic heterocycles. The van der Waals surface area contributed by atoms with Crippen LogP contribution in [0.3, 0.4) is 0 Å². The molecule has 5 rings (SSSR count). The number of fused-ring (bicyclic) bond motifs is 1. The van der Waals surface area contributed by atoms with Crippen molar-refractivity contribution in [3.05, 3.63) is 106 Å². The predicted octanol–water partition coefficient (Wildman–Crippen LogP) is 2.70. The zero-order valence-corrected chi connectivity index (χ0v) is 18.6. The van der Waals surface area contributed by atoms with Gasteiger partial charge in [0.25, 0.3) is 11.1 Å². The van der Waals surface area contributed by atoms with Crippen LogP contribution in [0.2, 0.25) is 0 Å². The van der Waals surface area contributed by atoms with E-state index >= 15 is 0 Å². The average Bonchev–Trinajstić information content (AvgIpc) is 3.41. The van der Waals surface area contributed by atoms with Gasteiger partial charge in [0.1, 0.15) is 12.2 Å². The summed E-state index contributed by atoms with van der Waals surface area (Å²) in [6, 6.07) is 23.4. The summed E-state index contributed by atoms with van der Waals surface area (Å²) in [7, 11) is 0. The molecule has 5 aromatic rings. The van der Waals surface area contributed by atoms with Crippen LogP contribution in [0.5, 0.6) is 0 Å². The first-order valence-corrected chi connectivity index (χ1v) is 11.0. The van der Waals surface area contributed by atoms with Crippen LogP contribution in [-0.4, -0.2) is 32.0 Å². The Labute approximate surface area is 199 Å². The van der Waals surface area contributed by atoms with E-state index < -0.39 is 5.91 Å². The van der Waals surface area contributed by atoms with Gasteiger partial charge in [0.2, 0.25) is 5.91 Å². The molecule has 9 nitrogen and oxygen atoms in total. The number of carbonyl (C=O) groups excluding carboxylic acids is 1. The van der Waals surface area contributed by atoms with Crippen molar-refractivity contribution in [2.75, 3.05) is 6.54 Å². The second kappa shape index (κ2) is 9.60. The van der Waals surface area contributed by atoms with Crippen molar-refractivity contribution in [2.45, 2.75) is 13.1 Å². The smallest absolute Gasteiger partial charge is 0.267 e. The van der Waals surface area contributed by atoms with Gasteiger partial charge in [-0.2, -0.15) is 10.2 Å². The number of aromatic nitrogens is 4. The average molecular weight is 467 g/mol. The maximum absolute atomic E-state index is 12.5. The van der Waals surface area contributed by atoms with Gasteiger partial charge in [0.05, 0.1) is 18.5 Å². The SMILES string of the molecule is O=C(Cn1nc(-c2ccc3ccccc3c2)ccc1=O)NCCn1nc(-c2ccco2)ccc1=O. The van der Waals surface area contributed by atoms with Crippen molar-refractivity contribution in [2.24, 2.45) is 0 Å². The number of hydrogen-bond donors (Lipinski definition) is 1. The van der Waals surface area contributed by atoms with Crippen molar-refractivity contribution in [3.63, 3.8) is 0 Å². The van der Waals surface area contributed by atoms with Gasteiger partial charge in [-0.1, -0.05) is 36.4 Å². The van der Waals surface area contributed by atoms with Gasteiger partial charge in [-0.15, -0.1) is 0 Å². The molecule has 3 heterocycles. The largest absolute Gasteiger partial charge is 0.463 e. The lowest BCUT2D eigenvalue weighted by Gasteiger charge is -2.10. The molecule has 1 amide bonds. The Balaban J connectivity index is 1.25. The van der Waals surface area contributed by atoms with E-state index in [1.165, 1.54) is 23.1 Å². The quantitative estimate of drug-likeness (QED) is 0.394. The summed E-state index contributed by atoms with van der Waals surface area (Å²) in [6.45, 7) is 0.0834. The molecular formula is C26H21N5O4. The van der Waals surface area contributed by atoms with E-state index in [1.54, 1.807) is 24.3 Å². The van der Waals surface area contributed by atoms with Crippen molar-refractivity contribution in [1.29, 1.82) is 0 Å². The second-order valence-electron chi connectivity index (χ2n) is 7.88. The van der Waals surface area contributed by atoms with Gasteiger partial charge in [0.15, 0.2) is 5.76 Å². The molecule has 1 N–H and O–H groups in total. The van der Waals surface area contributed by atoms with Crippen LogP contribution in [0.1, 0.15) is 0 Å². The Hall–Kier alpha value is -4.79. The molecule has 0 saturated heterocycles. The standard InChI is InChI=1S/C26H21N5O4/c32-24(27-13-14-30-25(33)12-10-22(29-30)23-6-3-15-35-23)17-31-26(34)11-9-21(28-31)20-8-7-18-4-1-2-5-19(18)16-20/h1-12,15-16H,13-14,17H2,(H,27,32). The van der Waals surface area contributed by atoms with Crippen molar-refractivity contribution in [1.82, 2.24) is 24.9 Å². The summed E-state index contributed by atoms with van der Waals surface area (Å²) in [5, 5.41) is 13.5. The van der Waals surface area contributed by atoms with E-state index in [4.69, 9.17) is 4.42 Å². The number of furan rings is 1. The predicted molar refractivity (Wildman–Crippen MR) is 131 cm³/mol. The van der Waals surface area contributed by atoms with Crippen LogP contribution in [0.4, 0.5) is 0 Å². The number of nitrogens with zero attached hydrogens (tertiary/aromatic N) is 4. The molecule has 0 unspecified atom stereocenters. The zero-order chi connectivity index (χ0) is 24.2. The van der Waals surface area contributed by atoms with E-state index in [9.17, 15) is 14.4 Å². The minimum atomic E-state index is -0.398. The lowest BCUT2D eigenvalue weighted by atomic mass is 10.1. The number of rotatable bonds is 7. The highest BCUT2D eigenvalue weighted by Crippen LogP contribution is 2.22. The third-order valence-corrected chi connectivity index (χ3v) is 5.49. The number of hydrogen-bond acceptors (Lipinski definition) is 6. The van der Waals surface area contributed by atoms with Crippen LogP contribution in [-0.2, 0) is 17.9 Å². The van der Waals surface area contributed by atoms with Gasteiger partial charge in [-0.25, -0.2) is 9.36 Å². The van der Waals surface area contributed by atoms with E-state index in [2.05, 4.69) is 15.5 Å². The lowest BCUT2D eigenvalue weighted by Crippen LogP contribution is -2.36. The van der Waals surface area contributed by atoms with Gasteiger partial charge >= 0.3 is 0 Å². The molecular weight excluding hydrogens is 446 g/mol. The van der Waals surface area contributed by atoms with Gasteiger partial charge in [-0.3, -0.25) is 14.4 Å². The Morgan fingerprint density at radius 2 is 1.54 bits per heavy atom. The van der Waals surface area contributed by atoms with E-state index in [-0.39, 0.29) is 30.8 Å². The summed E-state index contributed by atoms with van der Waals surface area (Å²) >= 11 is 0. The summed E-state index contributed by atoms with van der Waals surface area (Å²) in [5.41, 5.74) is 1.28. The summed E-state index contributed by atoms with van der Waals surface area (Å²) < 4.78 is 7.69.